The van der Waals surface area contributed by atoms with E-state index in [4.69, 9.17) is 0 Å². The van der Waals surface area contributed by atoms with Gasteiger partial charge in [-0.1, -0.05) is 34.1 Å². The van der Waals surface area contributed by atoms with Crippen LogP contribution in [0.4, 0.5) is 4.79 Å². The fourth-order valence-electron chi connectivity index (χ4n) is 1.53. The number of ether oxygens (including phenoxy) is 1. The molecule has 0 saturated heterocycles. The fraction of sp³-hybridized carbons (Fsp3) is 0.846. The summed E-state index contributed by atoms with van der Waals surface area (Å²) < 4.78 is 4.52. The molecule has 2 N–H and O–H groups in total. The van der Waals surface area contributed by atoms with Gasteiger partial charge in [0.25, 0.3) is 0 Å². The third kappa shape index (κ3) is 5.38. The summed E-state index contributed by atoms with van der Waals surface area (Å²) in [5.74, 6) is 0.247. The predicted octanol–water partition coefficient (Wildman–Crippen LogP) is 1.92. The summed E-state index contributed by atoms with van der Waals surface area (Å²) in [5.41, 5.74) is 0. The molecule has 5 heteroatoms. The number of hydrogen-bond donors (Lipinski definition) is 2. The van der Waals surface area contributed by atoms with E-state index < -0.39 is 12.1 Å². The van der Waals surface area contributed by atoms with E-state index in [0.717, 1.165) is 6.42 Å². The van der Waals surface area contributed by atoms with Gasteiger partial charge in [0.2, 0.25) is 5.91 Å². The summed E-state index contributed by atoms with van der Waals surface area (Å²) in [6.45, 7) is 9.91. The highest BCUT2D eigenvalue weighted by Gasteiger charge is 2.26. The molecule has 3 atom stereocenters. The molecule has 0 radical (unpaired) electrons. The van der Waals surface area contributed by atoms with E-state index in [-0.39, 0.29) is 17.9 Å². The second-order valence-electron chi connectivity index (χ2n) is 5.04. The summed E-state index contributed by atoms with van der Waals surface area (Å²) in [6.07, 6.45) is 0.415. The van der Waals surface area contributed by atoms with Gasteiger partial charge in [-0.05, 0) is 18.8 Å². The Labute approximate surface area is 110 Å². The molecule has 18 heavy (non-hydrogen) atoms. The molecule has 5 nitrogen and oxygen atoms in total. The van der Waals surface area contributed by atoms with E-state index in [2.05, 4.69) is 29.2 Å². The van der Waals surface area contributed by atoms with Crippen molar-refractivity contribution >= 4 is 12.0 Å². The van der Waals surface area contributed by atoms with Crippen LogP contribution >= 0.6 is 0 Å². The van der Waals surface area contributed by atoms with Gasteiger partial charge in [0.15, 0.2) is 0 Å². The first kappa shape index (κ1) is 16.7. The van der Waals surface area contributed by atoms with Crippen molar-refractivity contribution in [1.29, 1.82) is 0 Å². The lowest BCUT2D eigenvalue weighted by Gasteiger charge is -2.25. The molecule has 0 rings (SSSR count). The average molecular weight is 258 g/mol. The van der Waals surface area contributed by atoms with Gasteiger partial charge in [0, 0.05) is 6.04 Å². The molecule has 0 spiro atoms. The number of amides is 2. The Morgan fingerprint density at radius 2 is 1.67 bits per heavy atom. The number of methoxy groups -OCH3 is 1. The van der Waals surface area contributed by atoms with Crippen LogP contribution < -0.4 is 10.6 Å². The van der Waals surface area contributed by atoms with Crippen LogP contribution in [0.15, 0.2) is 0 Å². The summed E-state index contributed by atoms with van der Waals surface area (Å²) in [4.78, 5) is 23.3. The van der Waals surface area contributed by atoms with Gasteiger partial charge >= 0.3 is 6.09 Å². The number of rotatable bonds is 6. The Bertz CT molecular complexity index is 279. The first-order valence-corrected chi connectivity index (χ1v) is 6.48. The smallest absolute Gasteiger partial charge is 0.407 e. The highest BCUT2D eigenvalue weighted by Crippen LogP contribution is 2.08. The number of nitrogens with one attached hydrogen (secondary N) is 2. The minimum atomic E-state index is -0.583. The van der Waals surface area contributed by atoms with Crippen LogP contribution in [0.1, 0.15) is 41.0 Å². The Kier molecular flexibility index (Phi) is 7.39. The van der Waals surface area contributed by atoms with Crippen molar-refractivity contribution in [2.45, 2.75) is 53.1 Å². The zero-order valence-electron chi connectivity index (χ0n) is 12.2. The number of carbonyl (C=O) groups excluding carboxylic acids is 2. The second-order valence-corrected chi connectivity index (χ2v) is 5.04. The molecule has 2 amide bonds. The van der Waals surface area contributed by atoms with Crippen LogP contribution in [-0.2, 0) is 9.53 Å². The lowest BCUT2D eigenvalue weighted by Crippen LogP contribution is -2.52. The fourth-order valence-corrected chi connectivity index (χ4v) is 1.53. The summed E-state index contributed by atoms with van der Waals surface area (Å²) in [7, 11) is 1.28. The minimum absolute atomic E-state index is 0.00762. The Morgan fingerprint density at radius 3 is 2.06 bits per heavy atom. The van der Waals surface area contributed by atoms with Crippen LogP contribution in [0.5, 0.6) is 0 Å². The maximum atomic E-state index is 12.1. The van der Waals surface area contributed by atoms with Crippen molar-refractivity contribution in [2.75, 3.05) is 7.11 Å². The summed E-state index contributed by atoms with van der Waals surface area (Å²) >= 11 is 0. The lowest BCUT2D eigenvalue weighted by molar-refractivity contribution is -0.125. The third-order valence-electron chi connectivity index (χ3n) is 3.28. The van der Waals surface area contributed by atoms with E-state index in [1.54, 1.807) is 0 Å². The summed E-state index contributed by atoms with van der Waals surface area (Å²) in [5, 5.41) is 5.49. The highest BCUT2D eigenvalue weighted by atomic mass is 16.5. The van der Waals surface area contributed by atoms with Crippen LogP contribution in [-0.4, -0.2) is 31.2 Å². The van der Waals surface area contributed by atoms with Gasteiger partial charge in [0.05, 0.1) is 7.11 Å². The van der Waals surface area contributed by atoms with Crippen LogP contribution in [0, 0.1) is 11.8 Å². The maximum absolute atomic E-state index is 12.1. The molecular formula is C13H26N2O3. The molecule has 0 aromatic heterocycles. The Balaban J connectivity index is 4.53. The predicted molar refractivity (Wildman–Crippen MR) is 71.2 cm³/mol. The van der Waals surface area contributed by atoms with Crippen LogP contribution in [0.3, 0.4) is 0 Å². The first-order chi connectivity index (χ1) is 8.33. The van der Waals surface area contributed by atoms with Gasteiger partial charge < -0.3 is 15.4 Å². The normalized spacial score (nSPS) is 15.7. The minimum Gasteiger partial charge on any atom is -0.453 e. The third-order valence-corrected chi connectivity index (χ3v) is 3.28. The molecule has 106 valence electrons. The molecular weight excluding hydrogens is 232 g/mol. The molecule has 0 aliphatic rings. The van der Waals surface area contributed by atoms with Gasteiger partial charge in [-0.25, -0.2) is 4.79 Å². The molecule has 0 aliphatic heterocycles. The Morgan fingerprint density at radius 1 is 1.11 bits per heavy atom. The van der Waals surface area contributed by atoms with Crippen molar-refractivity contribution in [3.8, 4) is 0 Å². The molecule has 0 aromatic rings. The zero-order valence-corrected chi connectivity index (χ0v) is 12.2. The number of carbonyl (C=O) groups is 2. The van der Waals surface area contributed by atoms with Crippen LogP contribution in [0.2, 0.25) is 0 Å². The van der Waals surface area contributed by atoms with E-state index in [1.807, 2.05) is 20.8 Å². The standard InChI is InChI=1S/C13H26N2O3/c1-7-9(4)10(5)14-12(16)11(8(2)3)15-13(17)18-6/h8-11H,7H2,1-6H3,(H,14,16)(H,15,17)/t9?,10-,11-/m1/s1. The summed E-state index contributed by atoms with van der Waals surface area (Å²) in [6, 6.07) is -0.479. The zero-order chi connectivity index (χ0) is 14.3. The van der Waals surface area contributed by atoms with E-state index in [1.165, 1.54) is 7.11 Å². The monoisotopic (exact) mass is 258 g/mol. The lowest BCUT2D eigenvalue weighted by atomic mass is 9.98. The molecule has 0 heterocycles. The molecule has 1 unspecified atom stereocenters. The van der Waals surface area contributed by atoms with Gasteiger partial charge in [-0.2, -0.15) is 0 Å². The number of hydrogen-bond acceptors (Lipinski definition) is 3. The SMILES string of the molecule is CCC(C)[C@@H](C)NC(=O)[C@H](NC(=O)OC)C(C)C. The van der Waals surface area contributed by atoms with E-state index >= 15 is 0 Å². The second kappa shape index (κ2) is 7.95. The van der Waals surface area contributed by atoms with E-state index in [9.17, 15) is 9.59 Å². The number of alkyl carbamates (subject to hydrolysis) is 1. The maximum Gasteiger partial charge on any atom is 0.407 e. The topological polar surface area (TPSA) is 67.4 Å². The van der Waals surface area contributed by atoms with Crippen molar-refractivity contribution in [1.82, 2.24) is 10.6 Å². The quantitative estimate of drug-likeness (QED) is 0.765. The van der Waals surface area contributed by atoms with E-state index in [0.29, 0.717) is 5.92 Å². The van der Waals surface area contributed by atoms with Gasteiger partial charge in [-0.15, -0.1) is 0 Å². The molecule has 0 fully saturated rings. The Hall–Kier alpha value is -1.26. The van der Waals surface area contributed by atoms with Crippen molar-refractivity contribution < 1.29 is 14.3 Å². The van der Waals surface area contributed by atoms with Gasteiger partial charge in [0.1, 0.15) is 6.04 Å². The molecule has 0 saturated carbocycles. The molecule has 0 aliphatic carbocycles. The first-order valence-electron chi connectivity index (χ1n) is 6.48. The average Bonchev–Trinajstić information content (AvgIpc) is 2.33. The molecule has 0 aromatic carbocycles. The van der Waals surface area contributed by atoms with Gasteiger partial charge in [-0.3, -0.25) is 4.79 Å². The highest BCUT2D eigenvalue weighted by molar-refractivity contribution is 5.86. The van der Waals surface area contributed by atoms with Crippen molar-refractivity contribution in [3.05, 3.63) is 0 Å². The van der Waals surface area contributed by atoms with Crippen molar-refractivity contribution in [2.24, 2.45) is 11.8 Å². The van der Waals surface area contributed by atoms with Crippen molar-refractivity contribution in [3.63, 3.8) is 0 Å². The largest absolute Gasteiger partial charge is 0.453 e. The molecule has 0 bridgehead atoms. The van der Waals surface area contributed by atoms with Crippen LogP contribution in [0.25, 0.3) is 0 Å².